The molecule has 19 heavy (non-hydrogen) atoms. The molecule has 1 rings (SSSR count). The molecule has 0 aromatic heterocycles. The molecule has 1 aromatic rings. The molecule has 0 saturated heterocycles. The van der Waals surface area contributed by atoms with Crippen LogP contribution in [0.3, 0.4) is 0 Å². The van der Waals surface area contributed by atoms with Crippen LogP contribution in [0.1, 0.15) is 0 Å². The second-order valence-corrected chi connectivity index (χ2v) is 3.71. The van der Waals surface area contributed by atoms with Crippen molar-refractivity contribution in [1.29, 1.82) is 0 Å². The Balaban J connectivity index is 0.000000362. The highest BCUT2D eigenvalue weighted by Gasteiger charge is 2.20. The molecular formula is C10H17BFNO6. The molecule has 0 fully saturated rings. The van der Waals surface area contributed by atoms with Crippen LogP contribution in [0.5, 0.6) is 5.75 Å². The average molecular weight is 277 g/mol. The number of rotatable bonds is 5. The summed E-state index contributed by atoms with van der Waals surface area (Å²) in [5.74, 6) is -0.803. The first-order chi connectivity index (χ1) is 8.88. The smallest absolute Gasteiger partial charge is 0.510 e. The summed E-state index contributed by atoms with van der Waals surface area (Å²) in [6.45, 7) is -1.21. The summed E-state index contributed by atoms with van der Waals surface area (Å²) in [5.41, 5.74) is 3.94. The van der Waals surface area contributed by atoms with Crippen molar-refractivity contribution >= 4 is 7.32 Å². The van der Waals surface area contributed by atoms with Gasteiger partial charge < -0.3 is 35.8 Å². The van der Waals surface area contributed by atoms with E-state index in [-0.39, 0.29) is 5.75 Å². The summed E-state index contributed by atoms with van der Waals surface area (Å²) >= 11 is 0. The minimum Gasteiger partial charge on any atom is -0.510 e. The molecule has 7 nitrogen and oxygen atoms in total. The van der Waals surface area contributed by atoms with E-state index in [0.717, 1.165) is 6.07 Å². The first-order valence-corrected chi connectivity index (χ1v) is 5.27. The van der Waals surface area contributed by atoms with Crippen molar-refractivity contribution in [3.8, 4) is 5.75 Å². The molecule has 0 bridgehead atoms. The number of hydrogen-bond acceptors (Lipinski definition) is 7. The van der Waals surface area contributed by atoms with E-state index in [1.807, 2.05) is 0 Å². The molecule has 0 atom stereocenters. The summed E-state index contributed by atoms with van der Waals surface area (Å²) in [7, 11) is -1.98. The second-order valence-electron chi connectivity index (χ2n) is 3.71. The molecule has 0 aliphatic carbocycles. The summed E-state index contributed by atoms with van der Waals surface area (Å²) < 4.78 is 16.9. The fourth-order valence-electron chi connectivity index (χ4n) is 0.804. The van der Waals surface area contributed by atoms with Gasteiger partial charge in [0.1, 0.15) is 5.75 Å². The maximum atomic E-state index is 12.6. The van der Waals surface area contributed by atoms with E-state index >= 15 is 0 Å². The van der Waals surface area contributed by atoms with Gasteiger partial charge in [0.15, 0.2) is 5.82 Å². The van der Waals surface area contributed by atoms with E-state index in [1.54, 1.807) is 0 Å². The van der Waals surface area contributed by atoms with Gasteiger partial charge >= 0.3 is 7.32 Å². The Kier molecular flexibility index (Phi) is 8.24. The fourth-order valence-corrected chi connectivity index (χ4v) is 0.804. The zero-order valence-corrected chi connectivity index (χ0v) is 10.1. The third-order valence-corrected chi connectivity index (χ3v) is 2.01. The van der Waals surface area contributed by atoms with Gasteiger partial charge in [-0.3, -0.25) is 0 Å². The quantitative estimate of drug-likeness (QED) is 0.337. The van der Waals surface area contributed by atoms with Gasteiger partial charge in [0.25, 0.3) is 0 Å². The van der Waals surface area contributed by atoms with Crippen LogP contribution in [0, 0.1) is 5.82 Å². The van der Waals surface area contributed by atoms with E-state index in [2.05, 4.69) is 4.65 Å². The van der Waals surface area contributed by atoms with Crippen molar-refractivity contribution in [2.75, 3.05) is 19.8 Å². The minimum absolute atomic E-state index is 0.178. The van der Waals surface area contributed by atoms with Gasteiger partial charge in [0, 0.05) is 0 Å². The van der Waals surface area contributed by atoms with Gasteiger partial charge in [0.05, 0.1) is 25.4 Å². The molecule has 0 unspecified atom stereocenters. The van der Waals surface area contributed by atoms with Crippen LogP contribution in [0.15, 0.2) is 24.3 Å². The Morgan fingerprint density at radius 1 is 1.11 bits per heavy atom. The van der Waals surface area contributed by atoms with Crippen molar-refractivity contribution in [2.24, 2.45) is 5.73 Å². The largest absolute Gasteiger partial charge is 0.707 e. The zero-order chi connectivity index (χ0) is 14.9. The Bertz CT molecular complexity index is 355. The third kappa shape index (κ3) is 7.06. The van der Waals surface area contributed by atoms with Crippen LogP contribution in [-0.4, -0.2) is 58.0 Å². The normalized spacial score (nSPS) is 10.5. The lowest BCUT2D eigenvalue weighted by Gasteiger charge is -2.20. The van der Waals surface area contributed by atoms with E-state index in [1.165, 1.54) is 18.2 Å². The average Bonchev–Trinajstić information content (AvgIpc) is 2.41. The minimum atomic E-state index is -1.98. The zero-order valence-electron chi connectivity index (χ0n) is 10.1. The van der Waals surface area contributed by atoms with E-state index in [0.29, 0.717) is 0 Å². The molecule has 0 spiro atoms. The lowest BCUT2D eigenvalue weighted by Crippen LogP contribution is -2.50. The van der Waals surface area contributed by atoms with E-state index in [9.17, 15) is 4.39 Å². The summed E-state index contributed by atoms with van der Waals surface area (Å²) in [6, 6.07) is 5.47. The van der Waals surface area contributed by atoms with Gasteiger partial charge in [-0.05, 0) is 12.1 Å². The SMILES string of the molecule is NC(CO)(CO)CO.OB(O)Oc1ccccc1F. The second kappa shape index (κ2) is 8.80. The predicted molar refractivity (Wildman–Crippen MR) is 65.4 cm³/mol. The van der Waals surface area contributed by atoms with Crippen LogP contribution in [0.4, 0.5) is 4.39 Å². The molecule has 0 amide bonds. The molecular weight excluding hydrogens is 260 g/mol. The van der Waals surface area contributed by atoms with Gasteiger partial charge in [0.2, 0.25) is 0 Å². The third-order valence-electron chi connectivity index (χ3n) is 2.01. The topological polar surface area (TPSA) is 136 Å². The summed E-state index contributed by atoms with van der Waals surface area (Å²) in [5, 5.41) is 41.6. The molecule has 108 valence electrons. The number of halogens is 1. The van der Waals surface area contributed by atoms with Crippen LogP contribution in [-0.2, 0) is 0 Å². The highest BCUT2D eigenvalue weighted by molar-refractivity contribution is 6.33. The predicted octanol–water partition coefficient (Wildman–Crippen LogP) is -2.17. The molecule has 0 saturated carbocycles. The van der Waals surface area contributed by atoms with Crippen molar-refractivity contribution < 1.29 is 34.4 Å². The van der Waals surface area contributed by atoms with Gasteiger partial charge in [-0.25, -0.2) is 4.39 Å². The van der Waals surface area contributed by atoms with Crippen molar-refractivity contribution in [3.63, 3.8) is 0 Å². The van der Waals surface area contributed by atoms with Crippen LogP contribution in [0.25, 0.3) is 0 Å². The first-order valence-electron chi connectivity index (χ1n) is 5.27. The van der Waals surface area contributed by atoms with Crippen LogP contribution < -0.4 is 10.4 Å². The Morgan fingerprint density at radius 2 is 1.58 bits per heavy atom. The fraction of sp³-hybridized carbons (Fsp3) is 0.400. The Hall–Kier alpha value is -1.23. The van der Waals surface area contributed by atoms with Crippen molar-refractivity contribution in [2.45, 2.75) is 5.54 Å². The molecule has 0 heterocycles. The van der Waals surface area contributed by atoms with Crippen LogP contribution in [0.2, 0.25) is 0 Å². The lowest BCUT2D eigenvalue weighted by atomic mass is 10.1. The summed E-state index contributed by atoms with van der Waals surface area (Å²) in [4.78, 5) is 0. The number of aliphatic hydroxyl groups excluding tert-OH is 3. The highest BCUT2D eigenvalue weighted by Crippen LogP contribution is 2.14. The molecule has 0 radical (unpaired) electrons. The van der Waals surface area contributed by atoms with Gasteiger partial charge in [-0.1, -0.05) is 12.1 Å². The molecule has 0 aliphatic heterocycles. The molecule has 1 aromatic carbocycles. The van der Waals surface area contributed by atoms with E-state index < -0.39 is 38.5 Å². The standard InChI is InChI=1S/C6H6BFO3.C4H11NO3/c8-5-3-1-2-4-6(5)11-7(9)10;5-4(1-6,2-7)3-8/h1-4,9-10H;6-8H,1-3,5H2. The van der Waals surface area contributed by atoms with Gasteiger partial charge in [-0.15, -0.1) is 0 Å². The van der Waals surface area contributed by atoms with E-state index in [4.69, 9.17) is 31.1 Å². The number of hydrogen-bond donors (Lipinski definition) is 6. The Labute approximate surface area is 109 Å². The molecule has 7 N–H and O–H groups in total. The maximum absolute atomic E-state index is 12.6. The number of aliphatic hydroxyl groups is 3. The molecule has 9 heteroatoms. The number of nitrogens with two attached hydrogens (primary N) is 1. The number of benzene rings is 1. The lowest BCUT2D eigenvalue weighted by molar-refractivity contribution is 0.0697. The Morgan fingerprint density at radius 3 is 1.89 bits per heavy atom. The van der Waals surface area contributed by atoms with Gasteiger partial charge in [-0.2, -0.15) is 0 Å². The number of para-hydroxylation sites is 1. The molecule has 0 aliphatic rings. The van der Waals surface area contributed by atoms with Crippen LogP contribution >= 0.6 is 0 Å². The van der Waals surface area contributed by atoms with Crippen molar-refractivity contribution in [1.82, 2.24) is 0 Å². The first kappa shape index (κ1) is 17.8. The highest BCUT2D eigenvalue weighted by atomic mass is 19.1. The summed E-state index contributed by atoms with van der Waals surface area (Å²) in [6.07, 6.45) is 0. The monoisotopic (exact) mass is 277 g/mol. The van der Waals surface area contributed by atoms with Crippen molar-refractivity contribution in [3.05, 3.63) is 30.1 Å². The maximum Gasteiger partial charge on any atom is 0.707 e.